The van der Waals surface area contributed by atoms with Gasteiger partial charge in [-0.1, -0.05) is 35.1 Å². The fourth-order valence-electron chi connectivity index (χ4n) is 3.32. The van der Waals surface area contributed by atoms with Crippen molar-refractivity contribution in [3.63, 3.8) is 0 Å². The second-order valence-electron chi connectivity index (χ2n) is 6.62. The average Bonchev–Trinajstić information content (AvgIpc) is 3.20. The molecule has 0 N–H and O–H groups in total. The van der Waals surface area contributed by atoms with E-state index in [-0.39, 0.29) is 12.2 Å². The highest BCUT2D eigenvalue weighted by Crippen LogP contribution is 2.31. The summed E-state index contributed by atoms with van der Waals surface area (Å²) in [4.78, 5) is 31.2. The number of nitrogens with zero attached hydrogens (tertiary/aromatic N) is 2. The number of hydrogen-bond donors (Lipinski definition) is 0. The van der Waals surface area contributed by atoms with E-state index in [9.17, 15) is 9.59 Å². The van der Waals surface area contributed by atoms with Crippen molar-refractivity contribution in [1.29, 1.82) is 0 Å². The maximum Gasteiger partial charge on any atom is 0.338 e. The molecule has 0 amide bonds. The summed E-state index contributed by atoms with van der Waals surface area (Å²) in [6.07, 6.45) is 1.65. The van der Waals surface area contributed by atoms with Gasteiger partial charge in [0.05, 0.1) is 32.9 Å². The number of ether oxygens (including phenoxy) is 1. The molecule has 0 radical (unpaired) electrons. The molecule has 0 spiro atoms. The lowest BCUT2D eigenvalue weighted by atomic mass is 9.96. The minimum atomic E-state index is -0.676. The van der Waals surface area contributed by atoms with Crippen LogP contribution in [0.3, 0.4) is 0 Å². The number of carbonyl (C=O) groups excluding carboxylic acids is 1. The molecule has 1 atom stereocenters. The van der Waals surface area contributed by atoms with E-state index in [1.54, 1.807) is 50.3 Å². The third-order valence-corrected chi connectivity index (χ3v) is 7.59. The highest BCUT2D eigenvalue weighted by Gasteiger charge is 2.33. The molecule has 4 rings (SSSR count). The Bertz CT molecular complexity index is 1370. The van der Waals surface area contributed by atoms with Gasteiger partial charge in [0.25, 0.3) is 5.56 Å². The largest absolute Gasteiger partial charge is 0.463 e. The number of esters is 1. The quantitative estimate of drug-likeness (QED) is 0.420. The number of aromatic nitrogens is 1. The maximum atomic E-state index is 13.4. The number of thiazole rings is 1. The van der Waals surface area contributed by atoms with Crippen molar-refractivity contribution in [2.24, 2.45) is 4.99 Å². The molecule has 1 aliphatic rings. The van der Waals surface area contributed by atoms with Gasteiger partial charge in [0.1, 0.15) is 5.76 Å². The van der Waals surface area contributed by atoms with E-state index in [1.165, 1.54) is 15.9 Å². The molecular formula is C21H15Br2ClN2O4S. The summed E-state index contributed by atoms with van der Waals surface area (Å²) < 4.78 is 14.1. The zero-order chi connectivity index (χ0) is 22.3. The first-order valence-corrected chi connectivity index (χ1v) is 12.0. The zero-order valence-corrected chi connectivity index (χ0v) is 21.1. The molecule has 0 saturated heterocycles. The van der Waals surface area contributed by atoms with Crippen LogP contribution in [0, 0.1) is 0 Å². The Labute approximate surface area is 202 Å². The molecule has 10 heteroatoms. The average molecular weight is 587 g/mol. The summed E-state index contributed by atoms with van der Waals surface area (Å²) in [5.74, 6) is 0.00487. The molecule has 0 saturated carbocycles. The van der Waals surface area contributed by atoms with E-state index in [0.29, 0.717) is 36.1 Å². The van der Waals surface area contributed by atoms with Crippen LogP contribution >= 0.6 is 54.8 Å². The number of benzene rings is 1. The number of fused-ring (bicyclic) bond motifs is 1. The number of furan rings is 1. The highest BCUT2D eigenvalue weighted by atomic mass is 79.9. The van der Waals surface area contributed by atoms with Crippen molar-refractivity contribution in [2.75, 3.05) is 6.61 Å². The van der Waals surface area contributed by atoms with Gasteiger partial charge in [-0.25, -0.2) is 9.79 Å². The first kappa shape index (κ1) is 22.3. The number of halogens is 3. The SMILES string of the molecule is CCOC(=O)C1=C(C)N=c2s/c(=C/c3cc(Br)c(Br)o3)c(=O)n2[C@H]1c1ccc(Cl)cc1. The van der Waals surface area contributed by atoms with E-state index in [2.05, 4.69) is 36.9 Å². The Hall–Kier alpha value is -1.94. The Balaban J connectivity index is 1.96. The highest BCUT2D eigenvalue weighted by molar-refractivity contribution is 9.13. The first-order valence-electron chi connectivity index (χ1n) is 9.20. The summed E-state index contributed by atoms with van der Waals surface area (Å²) in [7, 11) is 0. The van der Waals surface area contributed by atoms with E-state index >= 15 is 0 Å². The molecule has 1 aliphatic heterocycles. The molecular weight excluding hydrogens is 572 g/mol. The van der Waals surface area contributed by atoms with Gasteiger partial charge in [0, 0.05) is 11.1 Å². The van der Waals surface area contributed by atoms with Crippen LogP contribution in [0.5, 0.6) is 0 Å². The van der Waals surface area contributed by atoms with Crippen molar-refractivity contribution in [3.8, 4) is 0 Å². The van der Waals surface area contributed by atoms with Crippen molar-refractivity contribution in [3.05, 3.63) is 86.8 Å². The lowest BCUT2D eigenvalue weighted by molar-refractivity contribution is -0.139. The van der Waals surface area contributed by atoms with Crippen molar-refractivity contribution in [2.45, 2.75) is 19.9 Å². The third-order valence-electron chi connectivity index (χ3n) is 4.64. The Morgan fingerprint density at radius 2 is 2.06 bits per heavy atom. The molecule has 3 heterocycles. The molecule has 1 aromatic carbocycles. The summed E-state index contributed by atoms with van der Waals surface area (Å²) in [5.41, 5.74) is 1.29. The predicted molar refractivity (Wildman–Crippen MR) is 126 cm³/mol. The standard InChI is InChI=1S/C21H15Br2ClN2O4S/c1-3-29-20(28)16-10(2)25-21-26(17(16)11-4-6-12(24)7-5-11)19(27)15(31-21)9-13-8-14(22)18(23)30-13/h4-9,17H,3H2,1-2H3/b15-9+/t17-/m0/s1. The zero-order valence-electron chi connectivity index (χ0n) is 16.3. The van der Waals surface area contributed by atoms with Crippen LogP contribution in [-0.4, -0.2) is 17.1 Å². The van der Waals surface area contributed by atoms with Crippen LogP contribution < -0.4 is 14.9 Å². The van der Waals surface area contributed by atoms with Crippen LogP contribution in [0.25, 0.3) is 6.08 Å². The topological polar surface area (TPSA) is 73.8 Å². The van der Waals surface area contributed by atoms with Crippen LogP contribution in [0.4, 0.5) is 0 Å². The van der Waals surface area contributed by atoms with Gasteiger partial charge in [0.15, 0.2) is 9.47 Å². The van der Waals surface area contributed by atoms with Gasteiger partial charge in [0.2, 0.25) is 0 Å². The summed E-state index contributed by atoms with van der Waals surface area (Å²) in [6.45, 7) is 3.70. The number of hydrogen-bond acceptors (Lipinski definition) is 6. The fraction of sp³-hybridized carbons (Fsp3) is 0.190. The van der Waals surface area contributed by atoms with Gasteiger partial charge in [-0.15, -0.1) is 0 Å². The lowest BCUT2D eigenvalue weighted by Gasteiger charge is -2.24. The van der Waals surface area contributed by atoms with Crippen LogP contribution in [0.15, 0.2) is 64.9 Å². The predicted octanol–water partition coefficient (Wildman–Crippen LogP) is 4.57. The molecule has 160 valence electrons. The van der Waals surface area contributed by atoms with E-state index in [4.69, 9.17) is 20.8 Å². The van der Waals surface area contributed by atoms with Crippen LogP contribution in [-0.2, 0) is 9.53 Å². The van der Waals surface area contributed by atoms with E-state index in [0.717, 1.165) is 10.0 Å². The molecule has 31 heavy (non-hydrogen) atoms. The van der Waals surface area contributed by atoms with Gasteiger partial charge in [-0.3, -0.25) is 9.36 Å². The molecule has 0 fully saturated rings. The molecule has 0 bridgehead atoms. The summed E-state index contributed by atoms with van der Waals surface area (Å²) in [5, 5.41) is 0.559. The lowest BCUT2D eigenvalue weighted by Crippen LogP contribution is -2.39. The van der Waals surface area contributed by atoms with Crippen LogP contribution in [0.2, 0.25) is 5.02 Å². The molecule has 6 nitrogen and oxygen atoms in total. The normalized spacial score (nSPS) is 16.3. The number of rotatable bonds is 4. The second-order valence-corrected chi connectivity index (χ2v) is 9.64. The van der Waals surface area contributed by atoms with Gasteiger partial charge in [-0.05, 0) is 69.5 Å². The minimum absolute atomic E-state index is 0.218. The second kappa shape index (κ2) is 8.90. The summed E-state index contributed by atoms with van der Waals surface area (Å²) in [6, 6.07) is 8.12. The molecule has 0 aliphatic carbocycles. The van der Waals surface area contributed by atoms with Crippen molar-refractivity contribution >= 4 is 66.8 Å². The van der Waals surface area contributed by atoms with Crippen LogP contribution in [0.1, 0.15) is 31.2 Å². The van der Waals surface area contributed by atoms with E-state index < -0.39 is 12.0 Å². The molecule has 2 aromatic heterocycles. The Kier molecular flexibility index (Phi) is 6.39. The number of carbonyl (C=O) groups is 1. The van der Waals surface area contributed by atoms with Gasteiger partial charge < -0.3 is 9.15 Å². The molecule has 0 unspecified atom stereocenters. The maximum absolute atomic E-state index is 13.4. The smallest absolute Gasteiger partial charge is 0.338 e. The summed E-state index contributed by atoms with van der Waals surface area (Å²) >= 11 is 14.0. The number of allylic oxidation sites excluding steroid dienone is 1. The van der Waals surface area contributed by atoms with Gasteiger partial charge >= 0.3 is 5.97 Å². The third kappa shape index (κ3) is 4.24. The monoisotopic (exact) mass is 584 g/mol. The Morgan fingerprint density at radius 1 is 1.35 bits per heavy atom. The first-order chi connectivity index (χ1) is 14.8. The van der Waals surface area contributed by atoms with Gasteiger partial charge in [-0.2, -0.15) is 0 Å². The van der Waals surface area contributed by atoms with Crippen molar-refractivity contribution < 1.29 is 13.9 Å². The van der Waals surface area contributed by atoms with E-state index in [1.807, 2.05) is 0 Å². The molecule has 3 aromatic rings. The minimum Gasteiger partial charge on any atom is -0.463 e. The Morgan fingerprint density at radius 3 is 2.68 bits per heavy atom. The van der Waals surface area contributed by atoms with Crippen molar-refractivity contribution in [1.82, 2.24) is 4.57 Å². The fourth-order valence-corrected chi connectivity index (χ4v) is 5.08.